The van der Waals surface area contributed by atoms with Gasteiger partial charge in [0.15, 0.2) is 0 Å². The molecule has 1 aromatic heterocycles. The van der Waals surface area contributed by atoms with Crippen LogP contribution in [0.15, 0.2) is 54.6 Å². The van der Waals surface area contributed by atoms with Crippen LogP contribution in [0.1, 0.15) is 36.1 Å². The molecule has 1 heterocycles. The van der Waals surface area contributed by atoms with Gasteiger partial charge in [-0.2, -0.15) is 0 Å². The largest absolute Gasteiger partial charge is 0.457 e. The smallest absolute Gasteiger partial charge is 0.261 e. The van der Waals surface area contributed by atoms with Crippen LogP contribution in [0.4, 0.5) is 5.13 Å². The minimum Gasteiger partial charge on any atom is -0.457 e. The summed E-state index contributed by atoms with van der Waals surface area (Å²) in [5, 5.41) is 12.4. The SMILES string of the molecule is CC(C)(C)c1nnc(NC(=O)c2ccccc2Oc2ccccc2)s1. The molecular formula is C19H19N3O2S. The van der Waals surface area contributed by atoms with Gasteiger partial charge in [0.25, 0.3) is 5.91 Å². The van der Waals surface area contributed by atoms with Crippen molar-refractivity contribution in [2.75, 3.05) is 5.32 Å². The van der Waals surface area contributed by atoms with Crippen molar-refractivity contribution in [3.8, 4) is 11.5 Å². The topological polar surface area (TPSA) is 64.1 Å². The van der Waals surface area contributed by atoms with Crippen LogP contribution in [0.25, 0.3) is 0 Å². The predicted molar refractivity (Wildman–Crippen MR) is 99.5 cm³/mol. The van der Waals surface area contributed by atoms with Gasteiger partial charge in [0, 0.05) is 5.41 Å². The maximum Gasteiger partial charge on any atom is 0.261 e. The van der Waals surface area contributed by atoms with Gasteiger partial charge in [0.2, 0.25) is 5.13 Å². The van der Waals surface area contributed by atoms with E-state index < -0.39 is 0 Å². The quantitative estimate of drug-likeness (QED) is 0.726. The number of ether oxygens (including phenoxy) is 1. The first-order valence-corrected chi connectivity index (χ1v) is 8.72. The fourth-order valence-corrected chi connectivity index (χ4v) is 2.90. The molecule has 0 aliphatic carbocycles. The minimum atomic E-state index is -0.275. The Morgan fingerprint density at radius 2 is 1.68 bits per heavy atom. The van der Waals surface area contributed by atoms with Crippen molar-refractivity contribution in [2.24, 2.45) is 0 Å². The number of benzene rings is 2. The van der Waals surface area contributed by atoms with Gasteiger partial charge >= 0.3 is 0 Å². The molecule has 25 heavy (non-hydrogen) atoms. The second kappa shape index (κ2) is 7.03. The van der Waals surface area contributed by atoms with Crippen molar-refractivity contribution in [1.82, 2.24) is 10.2 Å². The summed E-state index contributed by atoms with van der Waals surface area (Å²) >= 11 is 1.38. The van der Waals surface area contributed by atoms with Gasteiger partial charge in [0.05, 0.1) is 5.56 Å². The molecular weight excluding hydrogens is 334 g/mol. The molecule has 0 unspecified atom stereocenters. The predicted octanol–water partition coefficient (Wildman–Crippen LogP) is 4.88. The summed E-state index contributed by atoms with van der Waals surface area (Å²) in [7, 11) is 0. The van der Waals surface area contributed by atoms with Crippen LogP contribution in [0.5, 0.6) is 11.5 Å². The van der Waals surface area contributed by atoms with Crippen molar-refractivity contribution in [3.63, 3.8) is 0 Å². The van der Waals surface area contributed by atoms with E-state index in [9.17, 15) is 4.79 Å². The molecule has 0 aliphatic heterocycles. The zero-order valence-corrected chi connectivity index (χ0v) is 15.1. The average Bonchev–Trinajstić information content (AvgIpc) is 3.05. The maximum absolute atomic E-state index is 12.6. The third kappa shape index (κ3) is 4.22. The first-order chi connectivity index (χ1) is 11.9. The van der Waals surface area contributed by atoms with Crippen molar-refractivity contribution in [1.29, 1.82) is 0 Å². The van der Waals surface area contributed by atoms with Crippen LogP contribution in [0, 0.1) is 0 Å². The summed E-state index contributed by atoms with van der Waals surface area (Å²) < 4.78 is 5.83. The molecule has 0 spiro atoms. The number of anilines is 1. The van der Waals surface area contributed by atoms with E-state index >= 15 is 0 Å². The molecule has 0 atom stereocenters. The van der Waals surface area contributed by atoms with Crippen molar-refractivity contribution in [2.45, 2.75) is 26.2 Å². The Hall–Kier alpha value is -2.73. The maximum atomic E-state index is 12.6. The summed E-state index contributed by atoms with van der Waals surface area (Å²) in [5.41, 5.74) is 0.341. The van der Waals surface area contributed by atoms with Crippen LogP contribution in [0.3, 0.4) is 0 Å². The highest BCUT2D eigenvalue weighted by molar-refractivity contribution is 7.15. The second-order valence-corrected chi connectivity index (χ2v) is 7.51. The van der Waals surface area contributed by atoms with Crippen LogP contribution in [-0.4, -0.2) is 16.1 Å². The van der Waals surface area contributed by atoms with Gasteiger partial charge < -0.3 is 4.74 Å². The van der Waals surface area contributed by atoms with Crippen LogP contribution >= 0.6 is 11.3 Å². The van der Waals surface area contributed by atoms with Gasteiger partial charge in [-0.25, -0.2) is 0 Å². The van der Waals surface area contributed by atoms with E-state index in [1.165, 1.54) is 11.3 Å². The monoisotopic (exact) mass is 353 g/mol. The highest BCUT2D eigenvalue weighted by Crippen LogP contribution is 2.29. The lowest BCUT2D eigenvalue weighted by Crippen LogP contribution is -2.12. The molecule has 0 aliphatic rings. The molecule has 6 heteroatoms. The normalized spacial score (nSPS) is 11.2. The number of carbonyl (C=O) groups is 1. The van der Waals surface area contributed by atoms with Crippen LogP contribution in [0.2, 0.25) is 0 Å². The van der Waals surface area contributed by atoms with Gasteiger partial charge in [0.1, 0.15) is 16.5 Å². The van der Waals surface area contributed by atoms with E-state index in [1.807, 2.05) is 36.4 Å². The first kappa shape index (κ1) is 17.1. The minimum absolute atomic E-state index is 0.102. The zero-order chi connectivity index (χ0) is 17.9. The Labute approximate surface area is 150 Å². The van der Waals surface area contributed by atoms with Gasteiger partial charge in [-0.15, -0.1) is 10.2 Å². The molecule has 3 aromatic rings. The summed E-state index contributed by atoms with van der Waals surface area (Å²) in [6, 6.07) is 16.5. The number of rotatable bonds is 4. The number of aromatic nitrogens is 2. The highest BCUT2D eigenvalue weighted by Gasteiger charge is 2.21. The lowest BCUT2D eigenvalue weighted by atomic mass is 9.98. The lowest BCUT2D eigenvalue weighted by Gasteiger charge is -2.12. The second-order valence-electron chi connectivity index (χ2n) is 6.53. The number of nitrogens with one attached hydrogen (secondary N) is 1. The number of amides is 1. The van der Waals surface area contributed by atoms with Crippen LogP contribution < -0.4 is 10.1 Å². The first-order valence-electron chi connectivity index (χ1n) is 7.91. The molecule has 3 rings (SSSR count). The summed E-state index contributed by atoms with van der Waals surface area (Å²) in [6.45, 7) is 6.17. The van der Waals surface area contributed by atoms with E-state index in [2.05, 4.69) is 36.3 Å². The molecule has 0 bridgehead atoms. The standard InChI is InChI=1S/C19H19N3O2S/c1-19(2,3)17-21-22-18(25-17)20-16(23)14-11-7-8-12-15(14)24-13-9-5-4-6-10-13/h4-12H,1-3H3,(H,20,22,23). The Morgan fingerprint density at radius 1 is 1.00 bits per heavy atom. The number of hydrogen-bond donors (Lipinski definition) is 1. The summed E-state index contributed by atoms with van der Waals surface area (Å²) in [5.74, 6) is 0.892. The summed E-state index contributed by atoms with van der Waals surface area (Å²) in [4.78, 5) is 12.6. The number of carbonyl (C=O) groups excluding carboxylic acids is 1. The van der Waals surface area contributed by atoms with E-state index in [1.54, 1.807) is 18.2 Å². The molecule has 5 nitrogen and oxygen atoms in total. The molecule has 0 radical (unpaired) electrons. The fraction of sp³-hybridized carbons (Fsp3) is 0.211. The fourth-order valence-electron chi connectivity index (χ4n) is 2.10. The molecule has 0 fully saturated rings. The van der Waals surface area contributed by atoms with Crippen molar-refractivity contribution < 1.29 is 9.53 Å². The van der Waals surface area contributed by atoms with Gasteiger partial charge in [-0.3, -0.25) is 10.1 Å². The van der Waals surface area contributed by atoms with Gasteiger partial charge in [-0.05, 0) is 24.3 Å². The number of hydrogen-bond acceptors (Lipinski definition) is 5. The molecule has 0 saturated heterocycles. The molecule has 2 aromatic carbocycles. The average molecular weight is 353 g/mol. The van der Waals surface area contributed by atoms with E-state index in [-0.39, 0.29) is 11.3 Å². The lowest BCUT2D eigenvalue weighted by molar-refractivity contribution is 0.102. The zero-order valence-electron chi connectivity index (χ0n) is 14.3. The van der Waals surface area contributed by atoms with Gasteiger partial charge in [-0.1, -0.05) is 62.4 Å². The summed E-state index contributed by atoms with van der Waals surface area (Å²) in [6.07, 6.45) is 0. The molecule has 1 amide bonds. The Kier molecular flexibility index (Phi) is 4.81. The highest BCUT2D eigenvalue weighted by atomic mass is 32.1. The molecule has 1 N–H and O–H groups in total. The van der Waals surface area contributed by atoms with Crippen molar-refractivity contribution in [3.05, 3.63) is 65.2 Å². The third-order valence-electron chi connectivity index (χ3n) is 3.39. The molecule has 0 saturated carbocycles. The molecule has 128 valence electrons. The third-order valence-corrected chi connectivity index (χ3v) is 4.65. The van der Waals surface area contributed by atoms with E-state index in [4.69, 9.17) is 4.74 Å². The Morgan fingerprint density at radius 3 is 2.36 bits per heavy atom. The number of nitrogens with zero attached hydrogens (tertiary/aromatic N) is 2. The Balaban J connectivity index is 1.80. The van der Waals surface area contributed by atoms with E-state index in [0.717, 1.165) is 5.01 Å². The van der Waals surface area contributed by atoms with E-state index in [0.29, 0.717) is 22.2 Å². The Bertz CT molecular complexity index is 870. The number of para-hydroxylation sites is 2. The van der Waals surface area contributed by atoms with Crippen molar-refractivity contribution >= 4 is 22.4 Å². The van der Waals surface area contributed by atoms with Crippen LogP contribution in [-0.2, 0) is 5.41 Å².